The Morgan fingerprint density at radius 1 is 1.24 bits per heavy atom. The standard InChI is InChI=1S/C14H18F4N2O/c15-11-9-10(1-2-13(11)21)12(3-4-14(16,17)18)20-7-5-19-6-8-20/h1-2,9,12,19,21H,3-8H2/t12-/m0/s1. The molecule has 2 rings (SSSR count). The molecular formula is C14H18F4N2O. The second-order valence-electron chi connectivity index (χ2n) is 5.17. The van der Waals surface area contributed by atoms with Gasteiger partial charge in [-0.1, -0.05) is 6.07 Å². The van der Waals surface area contributed by atoms with Crippen molar-refractivity contribution in [3.05, 3.63) is 29.6 Å². The maximum Gasteiger partial charge on any atom is 0.389 e. The smallest absolute Gasteiger partial charge is 0.389 e. The maximum atomic E-state index is 13.5. The molecule has 118 valence electrons. The number of hydrogen-bond acceptors (Lipinski definition) is 3. The van der Waals surface area contributed by atoms with E-state index in [2.05, 4.69) is 5.32 Å². The van der Waals surface area contributed by atoms with E-state index in [1.807, 2.05) is 4.90 Å². The molecule has 7 heteroatoms. The van der Waals surface area contributed by atoms with E-state index in [0.717, 1.165) is 6.07 Å². The van der Waals surface area contributed by atoms with Crippen LogP contribution in [-0.2, 0) is 0 Å². The van der Waals surface area contributed by atoms with Gasteiger partial charge in [0.2, 0.25) is 0 Å². The van der Waals surface area contributed by atoms with E-state index in [1.54, 1.807) is 0 Å². The number of nitrogens with one attached hydrogen (secondary N) is 1. The number of piperazine rings is 1. The molecular weight excluding hydrogens is 288 g/mol. The van der Waals surface area contributed by atoms with Crippen molar-refractivity contribution in [2.45, 2.75) is 25.1 Å². The molecule has 1 atom stereocenters. The van der Waals surface area contributed by atoms with Crippen LogP contribution in [0.1, 0.15) is 24.4 Å². The van der Waals surface area contributed by atoms with E-state index in [1.165, 1.54) is 12.1 Å². The highest BCUT2D eigenvalue weighted by Crippen LogP contribution is 2.33. The number of aromatic hydroxyl groups is 1. The molecule has 3 nitrogen and oxygen atoms in total. The summed E-state index contributed by atoms with van der Waals surface area (Å²) in [6.45, 7) is 2.63. The molecule has 0 unspecified atom stereocenters. The van der Waals surface area contributed by atoms with Gasteiger partial charge >= 0.3 is 6.18 Å². The van der Waals surface area contributed by atoms with Crippen LogP contribution < -0.4 is 5.32 Å². The Morgan fingerprint density at radius 2 is 1.90 bits per heavy atom. The molecule has 2 N–H and O–H groups in total. The van der Waals surface area contributed by atoms with Gasteiger partial charge < -0.3 is 10.4 Å². The Morgan fingerprint density at radius 3 is 2.48 bits per heavy atom. The lowest BCUT2D eigenvalue weighted by Gasteiger charge is -2.35. The van der Waals surface area contributed by atoms with Crippen LogP contribution in [0.2, 0.25) is 0 Å². The summed E-state index contributed by atoms with van der Waals surface area (Å²) in [6.07, 6.45) is -5.26. The summed E-state index contributed by atoms with van der Waals surface area (Å²) in [7, 11) is 0. The topological polar surface area (TPSA) is 35.5 Å². The van der Waals surface area contributed by atoms with Gasteiger partial charge in [-0.2, -0.15) is 13.2 Å². The SMILES string of the molecule is Oc1ccc([C@H](CCC(F)(F)F)N2CCNCC2)cc1F. The third-order valence-electron chi connectivity index (χ3n) is 3.65. The molecule has 0 radical (unpaired) electrons. The van der Waals surface area contributed by atoms with E-state index in [9.17, 15) is 22.7 Å². The summed E-state index contributed by atoms with van der Waals surface area (Å²) in [5.41, 5.74) is 0.469. The van der Waals surface area contributed by atoms with Gasteiger partial charge in [-0.05, 0) is 24.1 Å². The minimum absolute atomic E-state index is 0.117. The van der Waals surface area contributed by atoms with Crippen molar-refractivity contribution in [1.82, 2.24) is 10.2 Å². The van der Waals surface area contributed by atoms with Crippen molar-refractivity contribution >= 4 is 0 Å². The Kier molecular flexibility index (Phi) is 5.05. The highest BCUT2D eigenvalue weighted by atomic mass is 19.4. The minimum Gasteiger partial charge on any atom is -0.505 e. The molecule has 0 bridgehead atoms. The third kappa shape index (κ3) is 4.57. The summed E-state index contributed by atoms with van der Waals surface area (Å²) in [5.74, 6) is -1.30. The monoisotopic (exact) mass is 306 g/mol. The average molecular weight is 306 g/mol. The number of phenolic OH excluding ortho intramolecular Hbond substituents is 1. The first kappa shape index (κ1) is 16.0. The van der Waals surface area contributed by atoms with E-state index in [0.29, 0.717) is 31.7 Å². The van der Waals surface area contributed by atoms with Crippen LogP contribution in [0.5, 0.6) is 5.75 Å². The summed E-state index contributed by atoms with van der Waals surface area (Å²) in [5, 5.41) is 12.4. The van der Waals surface area contributed by atoms with Crippen LogP contribution >= 0.6 is 0 Å². The van der Waals surface area contributed by atoms with Crippen LogP contribution in [0.15, 0.2) is 18.2 Å². The molecule has 1 aromatic rings. The van der Waals surface area contributed by atoms with Gasteiger partial charge in [0.15, 0.2) is 11.6 Å². The zero-order chi connectivity index (χ0) is 15.5. The molecule has 0 aromatic heterocycles. The van der Waals surface area contributed by atoms with E-state index < -0.39 is 30.2 Å². The van der Waals surface area contributed by atoms with E-state index >= 15 is 0 Å². The minimum atomic E-state index is -4.23. The number of alkyl halides is 3. The lowest BCUT2D eigenvalue weighted by Crippen LogP contribution is -2.45. The molecule has 1 aliphatic rings. The molecule has 0 spiro atoms. The Hall–Kier alpha value is -1.34. The third-order valence-corrected chi connectivity index (χ3v) is 3.65. The van der Waals surface area contributed by atoms with Gasteiger partial charge in [0.25, 0.3) is 0 Å². The van der Waals surface area contributed by atoms with E-state index in [4.69, 9.17) is 0 Å². The molecule has 21 heavy (non-hydrogen) atoms. The largest absolute Gasteiger partial charge is 0.505 e. The quantitative estimate of drug-likeness (QED) is 0.840. The number of halogens is 4. The van der Waals surface area contributed by atoms with Crippen LogP contribution in [0.25, 0.3) is 0 Å². The molecule has 1 aromatic carbocycles. The molecule has 0 amide bonds. The van der Waals surface area contributed by atoms with Crippen LogP contribution in [0.4, 0.5) is 17.6 Å². The van der Waals surface area contributed by atoms with Crippen LogP contribution in [0.3, 0.4) is 0 Å². The van der Waals surface area contributed by atoms with Gasteiger partial charge in [-0.3, -0.25) is 4.90 Å². The Labute approximate surface area is 120 Å². The fourth-order valence-electron chi connectivity index (χ4n) is 2.58. The molecule has 1 heterocycles. The predicted molar refractivity (Wildman–Crippen MR) is 70.5 cm³/mol. The Balaban J connectivity index is 2.18. The highest BCUT2D eigenvalue weighted by molar-refractivity contribution is 5.30. The zero-order valence-electron chi connectivity index (χ0n) is 11.5. The van der Waals surface area contributed by atoms with Gasteiger partial charge in [0, 0.05) is 38.6 Å². The lowest BCUT2D eigenvalue weighted by molar-refractivity contribution is -0.138. The molecule has 0 aliphatic carbocycles. The summed E-state index contributed by atoms with van der Waals surface area (Å²) in [6, 6.07) is 3.30. The fraction of sp³-hybridized carbons (Fsp3) is 0.571. The first-order valence-corrected chi connectivity index (χ1v) is 6.87. The van der Waals surface area contributed by atoms with Crippen LogP contribution in [0, 0.1) is 5.82 Å². The number of rotatable bonds is 4. The molecule has 1 fully saturated rings. The van der Waals surface area contributed by atoms with Crippen molar-refractivity contribution in [3.63, 3.8) is 0 Å². The van der Waals surface area contributed by atoms with Crippen molar-refractivity contribution in [2.24, 2.45) is 0 Å². The molecule has 1 saturated heterocycles. The lowest BCUT2D eigenvalue weighted by atomic mass is 9.99. The van der Waals surface area contributed by atoms with Gasteiger partial charge in [0.05, 0.1) is 0 Å². The number of hydrogen-bond donors (Lipinski definition) is 2. The second-order valence-corrected chi connectivity index (χ2v) is 5.17. The van der Waals surface area contributed by atoms with Crippen molar-refractivity contribution in [1.29, 1.82) is 0 Å². The van der Waals surface area contributed by atoms with Crippen molar-refractivity contribution < 1.29 is 22.7 Å². The van der Waals surface area contributed by atoms with Crippen molar-refractivity contribution in [2.75, 3.05) is 26.2 Å². The summed E-state index contributed by atoms with van der Waals surface area (Å²) in [4.78, 5) is 1.92. The summed E-state index contributed by atoms with van der Waals surface area (Å²) >= 11 is 0. The van der Waals surface area contributed by atoms with E-state index in [-0.39, 0.29) is 6.42 Å². The first-order valence-electron chi connectivity index (χ1n) is 6.87. The highest BCUT2D eigenvalue weighted by Gasteiger charge is 2.31. The second kappa shape index (κ2) is 6.62. The normalized spacial score (nSPS) is 18.7. The summed E-state index contributed by atoms with van der Waals surface area (Å²) < 4.78 is 51.0. The zero-order valence-corrected chi connectivity index (χ0v) is 11.5. The van der Waals surface area contributed by atoms with Gasteiger partial charge in [-0.15, -0.1) is 0 Å². The fourth-order valence-corrected chi connectivity index (χ4v) is 2.58. The molecule has 0 saturated carbocycles. The first-order chi connectivity index (χ1) is 9.87. The number of nitrogens with zero attached hydrogens (tertiary/aromatic N) is 1. The number of phenols is 1. The van der Waals surface area contributed by atoms with Gasteiger partial charge in [-0.25, -0.2) is 4.39 Å². The Bertz CT molecular complexity index is 473. The number of benzene rings is 1. The van der Waals surface area contributed by atoms with Gasteiger partial charge in [0.1, 0.15) is 0 Å². The molecule has 1 aliphatic heterocycles. The maximum absolute atomic E-state index is 13.5. The predicted octanol–water partition coefficient (Wildman–Crippen LogP) is 2.82. The van der Waals surface area contributed by atoms with Crippen molar-refractivity contribution in [3.8, 4) is 5.75 Å². The average Bonchev–Trinajstić information content (AvgIpc) is 2.43. The van der Waals surface area contributed by atoms with Crippen LogP contribution in [-0.4, -0.2) is 42.4 Å².